The predicted molar refractivity (Wildman–Crippen MR) is 175 cm³/mol. The molecule has 0 spiro atoms. The molecule has 0 aliphatic heterocycles. The highest BCUT2D eigenvalue weighted by atomic mass is 16.2. The average molecular weight is 549 g/mol. The minimum absolute atomic E-state index is 0.0751. The summed E-state index contributed by atoms with van der Waals surface area (Å²) in [4.78, 5) is 40.9. The summed E-state index contributed by atoms with van der Waals surface area (Å²) in [7, 11) is 1.64. The second-order valence-corrected chi connectivity index (χ2v) is 7.46. The molecular weight excluding hydrogens is 496 g/mol. The second-order valence-electron chi connectivity index (χ2n) is 7.46. The van der Waals surface area contributed by atoms with Gasteiger partial charge in [0, 0.05) is 20.1 Å². The van der Waals surface area contributed by atoms with Gasteiger partial charge in [0.2, 0.25) is 6.41 Å². The number of nitrogens with zero attached hydrogens (tertiary/aromatic N) is 2. The van der Waals surface area contributed by atoms with Gasteiger partial charge in [0.1, 0.15) is 5.57 Å². The molecule has 0 radical (unpaired) electrons. The molecule has 3 amide bonds. The lowest BCUT2D eigenvalue weighted by Crippen LogP contribution is -2.39. The van der Waals surface area contributed by atoms with E-state index >= 15 is 0 Å². The van der Waals surface area contributed by atoms with E-state index < -0.39 is 11.8 Å². The second kappa shape index (κ2) is 28.0. The SMILES string of the molecule is C=C/C=C(\C=C)CCN(C=O)C(=O)/C(=C\c1ccccc1)C(=O)N(C)CCC(/C=C\C)=C/C=C.CC.CC.CC. The molecule has 1 aromatic carbocycles. The van der Waals surface area contributed by atoms with E-state index in [4.69, 9.17) is 0 Å². The standard InChI is InChI=1S/C29H34N2O3.3C2H6/c1-6-13-24(9-4)19-21-31(23-32)29(34)27(22-26-16-11-10-12-17-26)28(33)30(5)20-18-25(14-7-2)15-8-3;3*1-2/h6-17,22-23H,1-2,4,18-21H2,3,5H3;3*1-2H3/b15-8-,24-13+,25-14+,27-22-;;;. The van der Waals surface area contributed by atoms with Crippen LogP contribution in [-0.2, 0) is 14.4 Å². The molecule has 1 rings (SSSR count). The van der Waals surface area contributed by atoms with Gasteiger partial charge in [-0.1, -0.05) is 134 Å². The first-order valence-corrected chi connectivity index (χ1v) is 14.1. The lowest BCUT2D eigenvalue weighted by atomic mass is 10.1. The Bertz CT molecular complexity index is 999. The molecule has 1 aromatic rings. The van der Waals surface area contributed by atoms with Crippen LogP contribution in [0.15, 0.2) is 109 Å². The molecule has 5 heteroatoms. The van der Waals surface area contributed by atoms with Gasteiger partial charge in [-0.2, -0.15) is 0 Å². The van der Waals surface area contributed by atoms with E-state index in [1.165, 1.54) is 11.0 Å². The van der Waals surface area contributed by atoms with Crippen LogP contribution in [0.5, 0.6) is 0 Å². The topological polar surface area (TPSA) is 57.7 Å². The van der Waals surface area contributed by atoms with Gasteiger partial charge in [0.25, 0.3) is 11.8 Å². The van der Waals surface area contributed by atoms with Crippen molar-refractivity contribution < 1.29 is 14.4 Å². The first-order chi connectivity index (χ1) is 19.4. The molecular formula is C35H52N2O3. The molecule has 0 saturated carbocycles. The quantitative estimate of drug-likeness (QED) is 0.0771. The summed E-state index contributed by atoms with van der Waals surface area (Å²) in [5.74, 6) is -1.10. The Hall–Kier alpha value is -3.99. The molecule has 0 fully saturated rings. The van der Waals surface area contributed by atoms with Crippen LogP contribution >= 0.6 is 0 Å². The number of imide groups is 1. The van der Waals surface area contributed by atoms with E-state index in [1.807, 2.05) is 84.9 Å². The number of amides is 3. The van der Waals surface area contributed by atoms with Gasteiger partial charge in [0.15, 0.2) is 0 Å². The lowest BCUT2D eigenvalue weighted by Gasteiger charge is -2.22. The largest absolute Gasteiger partial charge is 0.341 e. The van der Waals surface area contributed by atoms with E-state index in [0.29, 0.717) is 31.4 Å². The molecule has 220 valence electrons. The number of carbonyl (C=O) groups excluding carboxylic acids is 3. The molecule has 0 aromatic heterocycles. The van der Waals surface area contributed by atoms with Crippen molar-refractivity contribution in [3.8, 4) is 0 Å². The third kappa shape index (κ3) is 16.8. The number of benzene rings is 1. The van der Waals surface area contributed by atoms with Gasteiger partial charge in [-0.05, 0) is 42.6 Å². The number of hydrogen-bond acceptors (Lipinski definition) is 3. The van der Waals surface area contributed by atoms with Crippen molar-refractivity contribution in [3.63, 3.8) is 0 Å². The van der Waals surface area contributed by atoms with Crippen molar-refractivity contribution in [2.45, 2.75) is 61.3 Å². The van der Waals surface area contributed by atoms with Crippen LogP contribution in [0.3, 0.4) is 0 Å². The number of likely N-dealkylation sites (N-methyl/N-ethyl adjacent to an activating group) is 1. The Balaban J connectivity index is -0.00000213. The normalized spacial score (nSPS) is 10.8. The third-order valence-corrected chi connectivity index (χ3v) is 4.99. The summed E-state index contributed by atoms with van der Waals surface area (Å²) >= 11 is 0. The van der Waals surface area contributed by atoms with Gasteiger partial charge in [-0.25, -0.2) is 0 Å². The monoisotopic (exact) mass is 548 g/mol. The van der Waals surface area contributed by atoms with Crippen molar-refractivity contribution in [2.75, 3.05) is 20.1 Å². The molecule has 5 nitrogen and oxygen atoms in total. The summed E-state index contributed by atoms with van der Waals surface area (Å²) in [6.45, 7) is 25.5. The first-order valence-electron chi connectivity index (χ1n) is 14.1. The van der Waals surface area contributed by atoms with Gasteiger partial charge < -0.3 is 4.90 Å². The summed E-state index contributed by atoms with van der Waals surface area (Å²) in [5.41, 5.74) is 2.46. The maximum absolute atomic E-state index is 13.3. The molecule has 0 unspecified atom stereocenters. The van der Waals surface area contributed by atoms with Crippen molar-refractivity contribution in [3.05, 3.63) is 115 Å². The van der Waals surface area contributed by atoms with E-state index in [9.17, 15) is 14.4 Å². The zero-order chi connectivity index (χ0) is 31.3. The molecule has 0 aliphatic rings. The molecule has 0 aliphatic carbocycles. The molecule has 0 bridgehead atoms. The average Bonchev–Trinajstić information content (AvgIpc) is 3.01. The third-order valence-electron chi connectivity index (χ3n) is 4.99. The number of rotatable bonds is 14. The fourth-order valence-electron chi connectivity index (χ4n) is 3.13. The highest BCUT2D eigenvalue weighted by molar-refractivity contribution is 6.23. The van der Waals surface area contributed by atoms with Crippen molar-refractivity contribution in [2.24, 2.45) is 0 Å². The number of allylic oxidation sites excluding steroid dienone is 7. The maximum atomic E-state index is 13.3. The van der Waals surface area contributed by atoms with E-state index in [0.717, 1.165) is 16.0 Å². The summed E-state index contributed by atoms with van der Waals surface area (Å²) < 4.78 is 0. The minimum atomic E-state index is -0.645. The fourth-order valence-corrected chi connectivity index (χ4v) is 3.13. The van der Waals surface area contributed by atoms with E-state index in [1.54, 1.807) is 43.5 Å². The maximum Gasteiger partial charge on any atom is 0.265 e. The van der Waals surface area contributed by atoms with E-state index in [-0.39, 0.29) is 12.1 Å². The van der Waals surface area contributed by atoms with Gasteiger partial charge >= 0.3 is 0 Å². The van der Waals surface area contributed by atoms with Crippen molar-refractivity contribution in [1.29, 1.82) is 0 Å². The van der Waals surface area contributed by atoms with Crippen LogP contribution in [-0.4, -0.2) is 48.2 Å². The lowest BCUT2D eigenvalue weighted by molar-refractivity contribution is -0.137. The Morgan fingerprint density at radius 2 is 1.32 bits per heavy atom. The van der Waals surface area contributed by atoms with E-state index in [2.05, 4.69) is 19.7 Å². The highest BCUT2D eigenvalue weighted by Crippen LogP contribution is 2.15. The molecule has 0 atom stereocenters. The van der Waals surface area contributed by atoms with Gasteiger partial charge in [0.05, 0.1) is 0 Å². The predicted octanol–water partition coefficient (Wildman–Crippen LogP) is 8.36. The number of carbonyl (C=O) groups is 3. The Kier molecular flexibility index (Phi) is 28.4. The summed E-state index contributed by atoms with van der Waals surface area (Å²) in [6, 6.07) is 9.08. The zero-order valence-corrected chi connectivity index (χ0v) is 26.2. The molecule has 0 heterocycles. The number of hydrogen-bond donors (Lipinski definition) is 0. The molecule has 0 saturated heterocycles. The van der Waals surface area contributed by atoms with Gasteiger partial charge in [-0.3, -0.25) is 19.3 Å². The van der Waals surface area contributed by atoms with Crippen LogP contribution < -0.4 is 0 Å². The van der Waals surface area contributed by atoms with Crippen LogP contribution in [0.4, 0.5) is 0 Å². The Morgan fingerprint density at radius 1 is 0.800 bits per heavy atom. The Labute approximate surface area is 244 Å². The molecule has 0 N–H and O–H groups in total. The highest BCUT2D eigenvalue weighted by Gasteiger charge is 2.26. The zero-order valence-electron chi connectivity index (χ0n) is 26.2. The molecule has 40 heavy (non-hydrogen) atoms. The minimum Gasteiger partial charge on any atom is -0.341 e. The van der Waals surface area contributed by atoms with Crippen LogP contribution in [0, 0.1) is 0 Å². The van der Waals surface area contributed by atoms with Crippen LogP contribution in [0.1, 0.15) is 66.9 Å². The first kappa shape index (κ1) is 40.5. The van der Waals surface area contributed by atoms with Gasteiger partial charge in [-0.15, -0.1) is 0 Å². The summed E-state index contributed by atoms with van der Waals surface area (Å²) in [5, 5.41) is 0. The van der Waals surface area contributed by atoms with Crippen molar-refractivity contribution in [1.82, 2.24) is 9.80 Å². The van der Waals surface area contributed by atoms with Crippen molar-refractivity contribution >= 4 is 24.3 Å². The van der Waals surface area contributed by atoms with Crippen LogP contribution in [0.2, 0.25) is 0 Å². The smallest absolute Gasteiger partial charge is 0.265 e. The van der Waals surface area contributed by atoms with Crippen LogP contribution in [0.25, 0.3) is 6.08 Å². The Morgan fingerprint density at radius 3 is 1.80 bits per heavy atom. The summed E-state index contributed by atoms with van der Waals surface area (Å²) in [6.07, 6.45) is 15.5. The fraction of sp³-hybridized carbons (Fsp3) is 0.343.